The summed E-state index contributed by atoms with van der Waals surface area (Å²) in [6, 6.07) is 5.85. The van der Waals surface area contributed by atoms with Crippen molar-refractivity contribution in [2.24, 2.45) is 7.05 Å². The molecule has 0 fully saturated rings. The van der Waals surface area contributed by atoms with E-state index in [9.17, 15) is 26.3 Å². The molecule has 21 heavy (non-hydrogen) atoms. The van der Waals surface area contributed by atoms with Crippen LogP contribution in [-0.4, -0.2) is 4.57 Å². The molecular weight excluding hydrogens is 300 g/mol. The number of alkyl halides is 6. The Balaban J connectivity index is 2.59. The molecule has 0 saturated heterocycles. The minimum Gasteiger partial charge on any atom is -0.440 e. The molecule has 1 heterocycles. The summed E-state index contributed by atoms with van der Waals surface area (Å²) in [5.74, 6) is -0.965. The van der Waals surface area contributed by atoms with Gasteiger partial charge in [0.15, 0.2) is 5.88 Å². The largest absolute Gasteiger partial charge is 0.440 e. The zero-order valence-corrected chi connectivity index (χ0v) is 10.5. The Bertz CT molecular complexity index is 641. The van der Waals surface area contributed by atoms with Crippen LogP contribution in [-0.2, 0) is 19.4 Å². The summed E-state index contributed by atoms with van der Waals surface area (Å²) in [6.45, 7) is 0. The molecule has 0 amide bonds. The maximum absolute atomic E-state index is 13.0. The van der Waals surface area contributed by atoms with Gasteiger partial charge in [-0.3, -0.25) is 0 Å². The number of nitrogens with zero attached hydrogens (tertiary/aromatic N) is 1. The summed E-state index contributed by atoms with van der Waals surface area (Å²) in [7, 11) is 1.46. The standard InChI is InChI=1S/C13H8F6NO/c1-20-7-3-6-10(20)21-9-5-2-4-8(12(14,15)16)11(9)13(17,18)19/h2,4-7H,1H3. The van der Waals surface area contributed by atoms with Crippen LogP contribution < -0.4 is 4.74 Å². The summed E-state index contributed by atoms with van der Waals surface area (Å²) in [5, 5.41) is 0. The fourth-order valence-corrected chi connectivity index (χ4v) is 1.74. The third-order valence-corrected chi connectivity index (χ3v) is 2.65. The van der Waals surface area contributed by atoms with Gasteiger partial charge in [-0.2, -0.15) is 26.3 Å². The van der Waals surface area contributed by atoms with Gasteiger partial charge in [-0.05, 0) is 12.1 Å². The second-order valence-corrected chi connectivity index (χ2v) is 4.17. The first-order valence-corrected chi connectivity index (χ1v) is 5.58. The van der Waals surface area contributed by atoms with E-state index < -0.39 is 29.2 Å². The van der Waals surface area contributed by atoms with E-state index in [0.29, 0.717) is 6.07 Å². The SMILES string of the molecule is Cn1c[c]cc1Oc1cccc(C(F)(F)F)c1C(F)(F)F. The van der Waals surface area contributed by atoms with Crippen LogP contribution in [0.3, 0.4) is 0 Å². The Labute approximate surface area is 115 Å². The predicted octanol–water partition coefficient (Wildman–Crippen LogP) is 4.66. The second kappa shape index (κ2) is 5.01. The number of rotatable bonds is 2. The highest BCUT2D eigenvalue weighted by Gasteiger charge is 2.45. The molecule has 0 saturated carbocycles. The predicted molar refractivity (Wildman–Crippen MR) is 60.8 cm³/mol. The van der Waals surface area contributed by atoms with E-state index in [1.807, 2.05) is 0 Å². The van der Waals surface area contributed by atoms with E-state index in [1.165, 1.54) is 23.9 Å². The number of aromatic nitrogens is 1. The highest BCUT2D eigenvalue weighted by atomic mass is 19.4. The zero-order chi connectivity index (χ0) is 15.8. The van der Waals surface area contributed by atoms with Gasteiger partial charge in [0.05, 0.1) is 5.56 Å². The molecule has 0 unspecified atom stereocenters. The van der Waals surface area contributed by atoms with Crippen molar-refractivity contribution >= 4 is 0 Å². The van der Waals surface area contributed by atoms with Crippen LogP contribution >= 0.6 is 0 Å². The van der Waals surface area contributed by atoms with Crippen LogP contribution in [0.2, 0.25) is 0 Å². The molecule has 0 bridgehead atoms. The Morgan fingerprint density at radius 2 is 1.71 bits per heavy atom. The van der Waals surface area contributed by atoms with E-state index >= 15 is 0 Å². The molecule has 0 aliphatic carbocycles. The Hall–Kier alpha value is -2.12. The summed E-state index contributed by atoms with van der Waals surface area (Å²) < 4.78 is 83.4. The normalized spacial score (nSPS) is 12.5. The number of benzene rings is 1. The van der Waals surface area contributed by atoms with Gasteiger partial charge in [-0.25, -0.2) is 0 Å². The summed E-state index contributed by atoms with van der Waals surface area (Å²) in [5.41, 5.74) is -3.63. The van der Waals surface area contributed by atoms with Gasteiger partial charge in [-0.1, -0.05) is 6.07 Å². The van der Waals surface area contributed by atoms with Crippen molar-refractivity contribution in [3.05, 3.63) is 47.7 Å². The van der Waals surface area contributed by atoms with E-state index in [4.69, 9.17) is 4.74 Å². The minimum atomic E-state index is -5.20. The Morgan fingerprint density at radius 1 is 1.05 bits per heavy atom. The van der Waals surface area contributed by atoms with Crippen LogP contribution in [0.1, 0.15) is 11.1 Å². The highest BCUT2D eigenvalue weighted by Crippen LogP contribution is 2.45. The number of hydrogen-bond donors (Lipinski definition) is 0. The van der Waals surface area contributed by atoms with Crippen LogP contribution in [0.5, 0.6) is 11.6 Å². The quantitative estimate of drug-likeness (QED) is 0.736. The van der Waals surface area contributed by atoms with Crippen molar-refractivity contribution in [2.75, 3.05) is 0 Å². The lowest BCUT2D eigenvalue weighted by Gasteiger charge is -2.19. The number of hydrogen-bond acceptors (Lipinski definition) is 1. The maximum Gasteiger partial charge on any atom is 0.420 e. The maximum atomic E-state index is 13.0. The summed E-state index contributed by atoms with van der Waals surface area (Å²) in [6.07, 6.45) is -8.96. The summed E-state index contributed by atoms with van der Waals surface area (Å²) >= 11 is 0. The fraction of sp³-hybridized carbons (Fsp3) is 0.231. The minimum absolute atomic E-state index is 0.0557. The molecule has 2 nitrogen and oxygen atoms in total. The first kappa shape index (κ1) is 15.3. The van der Waals surface area contributed by atoms with Crippen LogP contribution in [0, 0.1) is 6.07 Å². The van der Waals surface area contributed by atoms with Crippen LogP contribution in [0.4, 0.5) is 26.3 Å². The zero-order valence-electron chi connectivity index (χ0n) is 10.5. The third-order valence-electron chi connectivity index (χ3n) is 2.65. The fourth-order valence-electron chi connectivity index (χ4n) is 1.74. The molecule has 1 aromatic heterocycles. The monoisotopic (exact) mass is 308 g/mol. The van der Waals surface area contributed by atoms with E-state index in [1.54, 1.807) is 0 Å². The van der Waals surface area contributed by atoms with Crippen molar-refractivity contribution in [1.82, 2.24) is 4.57 Å². The van der Waals surface area contributed by atoms with Gasteiger partial charge in [0.1, 0.15) is 11.3 Å². The molecule has 0 aliphatic rings. The lowest BCUT2D eigenvalue weighted by atomic mass is 10.1. The van der Waals surface area contributed by atoms with Gasteiger partial charge in [-0.15, -0.1) is 0 Å². The first-order valence-electron chi connectivity index (χ1n) is 5.58. The first-order chi connectivity index (χ1) is 9.60. The molecule has 8 heteroatoms. The molecular formula is C13H8F6NO. The van der Waals surface area contributed by atoms with Crippen molar-refractivity contribution in [3.63, 3.8) is 0 Å². The number of halogens is 6. The molecule has 0 atom stereocenters. The van der Waals surface area contributed by atoms with Gasteiger partial charge in [0.2, 0.25) is 0 Å². The second-order valence-electron chi connectivity index (χ2n) is 4.17. The van der Waals surface area contributed by atoms with Crippen molar-refractivity contribution < 1.29 is 31.1 Å². The van der Waals surface area contributed by atoms with E-state index in [2.05, 4.69) is 6.07 Å². The van der Waals surface area contributed by atoms with Crippen LogP contribution in [0.25, 0.3) is 0 Å². The van der Waals surface area contributed by atoms with Crippen molar-refractivity contribution in [1.29, 1.82) is 0 Å². The third kappa shape index (κ3) is 3.14. The molecule has 113 valence electrons. The molecule has 2 aromatic rings. The van der Waals surface area contributed by atoms with Crippen molar-refractivity contribution in [2.45, 2.75) is 12.4 Å². The molecule has 0 N–H and O–H groups in total. The lowest BCUT2D eigenvalue weighted by Crippen LogP contribution is -2.17. The Kier molecular flexibility index (Phi) is 3.65. The average molecular weight is 308 g/mol. The summed E-state index contributed by atoms with van der Waals surface area (Å²) in [4.78, 5) is 0. The average Bonchev–Trinajstić information content (AvgIpc) is 2.72. The topological polar surface area (TPSA) is 14.2 Å². The smallest absolute Gasteiger partial charge is 0.420 e. The van der Waals surface area contributed by atoms with Gasteiger partial charge in [0.25, 0.3) is 0 Å². The molecule has 0 aliphatic heterocycles. The van der Waals surface area contributed by atoms with Crippen molar-refractivity contribution in [3.8, 4) is 11.6 Å². The van der Waals surface area contributed by atoms with Gasteiger partial charge < -0.3 is 9.30 Å². The number of aryl methyl sites for hydroxylation is 1. The molecule has 1 radical (unpaired) electrons. The molecule has 1 aromatic carbocycles. The van der Waals surface area contributed by atoms with E-state index in [-0.39, 0.29) is 5.88 Å². The van der Waals surface area contributed by atoms with Crippen LogP contribution in [0.15, 0.2) is 30.5 Å². The van der Waals surface area contributed by atoms with Gasteiger partial charge >= 0.3 is 12.4 Å². The number of ether oxygens (including phenoxy) is 1. The van der Waals surface area contributed by atoms with Gasteiger partial charge in [0, 0.05) is 25.4 Å². The van der Waals surface area contributed by atoms with E-state index in [0.717, 1.165) is 12.1 Å². The highest BCUT2D eigenvalue weighted by molar-refractivity contribution is 5.45. The molecule has 2 rings (SSSR count). The Morgan fingerprint density at radius 3 is 2.19 bits per heavy atom. The molecule has 0 spiro atoms. The lowest BCUT2D eigenvalue weighted by molar-refractivity contribution is -0.162.